The lowest BCUT2D eigenvalue weighted by atomic mass is 9.72. The highest BCUT2D eigenvalue weighted by Gasteiger charge is 2.42. The van der Waals surface area contributed by atoms with Crippen molar-refractivity contribution in [3.05, 3.63) is 35.9 Å². The summed E-state index contributed by atoms with van der Waals surface area (Å²) in [6, 6.07) is 9.44. The van der Waals surface area contributed by atoms with E-state index >= 15 is 0 Å². The first kappa shape index (κ1) is 21.2. The van der Waals surface area contributed by atoms with Gasteiger partial charge in [-0.15, -0.1) is 0 Å². The topological polar surface area (TPSA) is 63.6 Å². The zero-order chi connectivity index (χ0) is 18.1. The van der Waals surface area contributed by atoms with Crippen LogP contribution in [0.25, 0.3) is 0 Å². The lowest BCUT2D eigenvalue weighted by Crippen LogP contribution is -2.37. The maximum Gasteiger partial charge on any atom is 0.312 e. The van der Waals surface area contributed by atoms with Gasteiger partial charge in [0.05, 0.1) is 10.8 Å². The molecule has 0 aliphatic carbocycles. The molecule has 0 saturated carbocycles. The average molecular weight is 322 g/mol. The zero-order valence-electron chi connectivity index (χ0n) is 15.2. The normalized spacial score (nSPS) is 13.3. The molecule has 0 amide bonds. The highest BCUT2D eigenvalue weighted by atomic mass is 16.5. The van der Waals surface area contributed by atoms with E-state index in [1.54, 1.807) is 20.8 Å². The number of hydrogen-bond acceptors (Lipinski definition) is 3. The lowest BCUT2D eigenvalue weighted by Gasteiger charge is -2.32. The number of hydrogen-bond donors (Lipinski definition) is 1. The number of ether oxygens (including phenoxy) is 1. The summed E-state index contributed by atoms with van der Waals surface area (Å²) in [6.07, 6.45) is 0.788. The van der Waals surface area contributed by atoms with Gasteiger partial charge in [0.25, 0.3) is 0 Å². The van der Waals surface area contributed by atoms with E-state index in [-0.39, 0.29) is 19.0 Å². The maximum atomic E-state index is 12.4. The van der Waals surface area contributed by atoms with Gasteiger partial charge < -0.3 is 9.84 Å². The summed E-state index contributed by atoms with van der Waals surface area (Å²) in [5.41, 5.74) is -0.838. The van der Waals surface area contributed by atoms with Gasteiger partial charge >= 0.3 is 11.9 Å². The zero-order valence-corrected chi connectivity index (χ0v) is 15.2. The Labute approximate surface area is 139 Å². The second-order valence-electron chi connectivity index (χ2n) is 6.34. The minimum Gasteiger partial charge on any atom is -0.481 e. The Balaban J connectivity index is 0.00000232. The van der Waals surface area contributed by atoms with Gasteiger partial charge in [0.15, 0.2) is 0 Å². The molecule has 1 aromatic carbocycles. The van der Waals surface area contributed by atoms with Crippen molar-refractivity contribution in [2.75, 3.05) is 0 Å². The molecule has 0 radical (unpaired) electrons. The fourth-order valence-electron chi connectivity index (χ4n) is 2.29. The van der Waals surface area contributed by atoms with Crippen LogP contribution in [0.1, 0.15) is 59.9 Å². The van der Waals surface area contributed by atoms with Gasteiger partial charge in [0.1, 0.15) is 6.61 Å². The van der Waals surface area contributed by atoms with Gasteiger partial charge in [-0.25, -0.2) is 0 Å². The average Bonchev–Trinajstić information content (AvgIpc) is 2.54. The Morgan fingerprint density at radius 1 is 1.09 bits per heavy atom. The van der Waals surface area contributed by atoms with Crippen molar-refractivity contribution < 1.29 is 19.4 Å². The monoisotopic (exact) mass is 322 g/mol. The summed E-state index contributed by atoms with van der Waals surface area (Å²) in [5, 5.41) is 9.24. The minimum atomic E-state index is -0.962. The molecule has 0 heterocycles. The van der Waals surface area contributed by atoms with Crippen LogP contribution in [0, 0.1) is 10.8 Å². The third-order valence-electron chi connectivity index (χ3n) is 3.90. The van der Waals surface area contributed by atoms with Crippen LogP contribution >= 0.6 is 0 Å². The Morgan fingerprint density at radius 2 is 1.61 bits per heavy atom. The predicted octanol–water partition coefficient (Wildman–Crippen LogP) is 4.67. The van der Waals surface area contributed by atoms with E-state index < -0.39 is 16.8 Å². The van der Waals surface area contributed by atoms with Crippen LogP contribution in [0.5, 0.6) is 0 Å². The quantitative estimate of drug-likeness (QED) is 0.741. The fourth-order valence-corrected chi connectivity index (χ4v) is 2.29. The van der Waals surface area contributed by atoms with Crippen molar-refractivity contribution in [2.45, 2.75) is 61.0 Å². The molecule has 0 saturated heterocycles. The molecule has 1 N–H and O–H groups in total. The number of carbonyl (C=O) groups excluding carboxylic acids is 1. The van der Waals surface area contributed by atoms with E-state index in [2.05, 4.69) is 0 Å². The standard InChI is InChI=1S/C17H24O4.C2H6/c1-5-17(4,12-16(2,3)14(18)19)15(20)21-11-13-9-7-6-8-10-13;1-2/h6-10H,5,11-12H2,1-4H3,(H,18,19);1-2H3. The molecule has 130 valence electrons. The Hall–Kier alpha value is -1.84. The highest BCUT2D eigenvalue weighted by molar-refractivity contribution is 5.79. The maximum absolute atomic E-state index is 12.4. The lowest BCUT2D eigenvalue weighted by molar-refractivity contribution is -0.161. The third-order valence-corrected chi connectivity index (χ3v) is 3.90. The van der Waals surface area contributed by atoms with E-state index in [1.165, 1.54) is 0 Å². The molecule has 1 atom stereocenters. The molecule has 23 heavy (non-hydrogen) atoms. The van der Waals surface area contributed by atoms with Crippen molar-refractivity contribution >= 4 is 11.9 Å². The SMILES string of the molecule is CC.CCC(C)(CC(C)(C)C(=O)O)C(=O)OCc1ccccc1. The molecule has 1 aromatic rings. The van der Waals surface area contributed by atoms with Crippen LogP contribution in [-0.2, 0) is 20.9 Å². The van der Waals surface area contributed by atoms with E-state index in [0.29, 0.717) is 6.42 Å². The summed E-state index contributed by atoms with van der Waals surface area (Å²) in [6.45, 7) is 11.1. The van der Waals surface area contributed by atoms with Crippen LogP contribution in [0.15, 0.2) is 30.3 Å². The molecule has 1 unspecified atom stereocenters. The smallest absolute Gasteiger partial charge is 0.312 e. The number of carboxylic acid groups (broad SMARTS) is 1. The number of benzene rings is 1. The molecular formula is C19H30O4. The molecule has 0 aliphatic rings. The first-order chi connectivity index (χ1) is 10.7. The van der Waals surface area contributed by atoms with Crippen molar-refractivity contribution in [1.82, 2.24) is 0 Å². The molecular weight excluding hydrogens is 292 g/mol. The Morgan fingerprint density at radius 3 is 2.04 bits per heavy atom. The van der Waals surface area contributed by atoms with E-state index in [0.717, 1.165) is 5.56 Å². The summed E-state index contributed by atoms with van der Waals surface area (Å²) in [5.74, 6) is -1.25. The number of rotatable bonds is 7. The molecule has 4 heteroatoms. The van der Waals surface area contributed by atoms with Gasteiger partial charge in [0.2, 0.25) is 0 Å². The van der Waals surface area contributed by atoms with Crippen LogP contribution in [0.2, 0.25) is 0 Å². The van der Waals surface area contributed by atoms with Gasteiger partial charge in [-0.1, -0.05) is 51.1 Å². The Kier molecular flexibility index (Phi) is 8.59. The van der Waals surface area contributed by atoms with Gasteiger partial charge in [-0.2, -0.15) is 0 Å². The second-order valence-corrected chi connectivity index (χ2v) is 6.34. The number of carbonyl (C=O) groups is 2. The van der Waals surface area contributed by atoms with Gasteiger partial charge in [0, 0.05) is 0 Å². The van der Waals surface area contributed by atoms with Crippen molar-refractivity contribution in [2.24, 2.45) is 10.8 Å². The Bertz CT molecular complexity index is 493. The molecule has 0 aromatic heterocycles. The van der Waals surface area contributed by atoms with Crippen LogP contribution in [0.4, 0.5) is 0 Å². The van der Waals surface area contributed by atoms with Crippen LogP contribution in [-0.4, -0.2) is 17.0 Å². The largest absolute Gasteiger partial charge is 0.481 e. The van der Waals surface area contributed by atoms with Crippen LogP contribution in [0.3, 0.4) is 0 Å². The summed E-state index contributed by atoms with van der Waals surface area (Å²) < 4.78 is 5.38. The molecule has 0 spiro atoms. The second kappa shape index (κ2) is 9.33. The van der Waals surface area contributed by atoms with Gasteiger partial charge in [-0.3, -0.25) is 9.59 Å². The fraction of sp³-hybridized carbons (Fsp3) is 0.579. The van der Waals surface area contributed by atoms with Gasteiger partial charge in [-0.05, 0) is 39.2 Å². The minimum absolute atomic E-state index is 0.211. The summed E-state index contributed by atoms with van der Waals surface area (Å²) in [4.78, 5) is 23.6. The van der Waals surface area contributed by atoms with Crippen molar-refractivity contribution in [3.8, 4) is 0 Å². The van der Waals surface area contributed by atoms with Crippen LogP contribution < -0.4 is 0 Å². The molecule has 1 rings (SSSR count). The summed E-state index contributed by atoms with van der Waals surface area (Å²) >= 11 is 0. The predicted molar refractivity (Wildman–Crippen MR) is 92.0 cm³/mol. The van der Waals surface area contributed by atoms with E-state index in [9.17, 15) is 14.7 Å². The van der Waals surface area contributed by atoms with Crippen molar-refractivity contribution in [3.63, 3.8) is 0 Å². The van der Waals surface area contributed by atoms with E-state index in [4.69, 9.17) is 4.74 Å². The highest BCUT2D eigenvalue weighted by Crippen LogP contribution is 2.38. The number of esters is 1. The first-order valence-corrected chi connectivity index (χ1v) is 8.16. The first-order valence-electron chi connectivity index (χ1n) is 8.16. The molecule has 4 nitrogen and oxygen atoms in total. The number of carboxylic acids is 1. The molecule has 0 fully saturated rings. The number of aliphatic carboxylic acids is 1. The van der Waals surface area contributed by atoms with E-state index in [1.807, 2.05) is 51.1 Å². The third kappa shape index (κ3) is 6.43. The molecule has 0 aliphatic heterocycles. The summed E-state index contributed by atoms with van der Waals surface area (Å²) in [7, 11) is 0. The van der Waals surface area contributed by atoms with Crippen molar-refractivity contribution in [1.29, 1.82) is 0 Å². The molecule has 0 bridgehead atoms.